The van der Waals surface area contributed by atoms with Crippen molar-refractivity contribution < 1.29 is 4.79 Å². The molecule has 16 heavy (non-hydrogen) atoms. The first-order chi connectivity index (χ1) is 7.50. The molecule has 0 radical (unpaired) electrons. The van der Waals surface area contributed by atoms with Crippen LogP contribution in [0, 0.1) is 22.2 Å². The molecule has 1 aromatic rings. The van der Waals surface area contributed by atoms with Crippen LogP contribution < -0.4 is 0 Å². The Bertz CT molecular complexity index is 444. The number of nitrogens with zero attached hydrogens (tertiary/aromatic N) is 2. The minimum atomic E-state index is -0.809. The molecule has 1 aromatic heterocycles. The third-order valence-corrected chi connectivity index (χ3v) is 4.18. The van der Waals surface area contributed by atoms with Gasteiger partial charge >= 0.3 is 0 Å². The third-order valence-electron chi connectivity index (χ3n) is 3.40. The molecule has 0 saturated heterocycles. The Hall–Kier alpha value is -1.21. The number of aromatic nitrogens is 1. The highest BCUT2D eigenvalue weighted by atomic mass is 32.1. The fraction of sp³-hybridized carbons (Fsp3) is 0.583. The van der Waals surface area contributed by atoms with Crippen LogP contribution in [0.25, 0.3) is 0 Å². The van der Waals surface area contributed by atoms with E-state index in [-0.39, 0.29) is 11.2 Å². The highest BCUT2D eigenvalue weighted by Gasteiger charge is 2.52. The smallest absolute Gasteiger partial charge is 0.159 e. The molecule has 0 N–H and O–H groups in total. The van der Waals surface area contributed by atoms with E-state index in [1.807, 2.05) is 13.8 Å². The number of hydrogen-bond acceptors (Lipinski definition) is 4. The molecule has 84 valence electrons. The molecule has 0 amide bonds. The van der Waals surface area contributed by atoms with E-state index in [1.54, 1.807) is 11.7 Å². The van der Waals surface area contributed by atoms with Gasteiger partial charge in [0.1, 0.15) is 5.41 Å². The summed E-state index contributed by atoms with van der Waals surface area (Å²) in [5, 5.41) is 9.33. The van der Waals surface area contributed by atoms with Gasteiger partial charge in [-0.25, -0.2) is 0 Å². The molecule has 1 unspecified atom stereocenters. The van der Waals surface area contributed by atoms with E-state index in [4.69, 9.17) is 0 Å². The van der Waals surface area contributed by atoms with Crippen molar-refractivity contribution in [3.8, 4) is 6.07 Å². The summed E-state index contributed by atoms with van der Waals surface area (Å²) in [6.07, 6.45) is 3.75. The summed E-state index contributed by atoms with van der Waals surface area (Å²) in [6, 6.07) is 2.25. The summed E-state index contributed by atoms with van der Waals surface area (Å²) < 4.78 is 0. The van der Waals surface area contributed by atoms with Gasteiger partial charge in [0.2, 0.25) is 0 Å². The number of hydrogen-bond donors (Lipinski definition) is 0. The van der Waals surface area contributed by atoms with Crippen molar-refractivity contribution in [2.75, 3.05) is 0 Å². The van der Waals surface area contributed by atoms with Gasteiger partial charge in [-0.2, -0.15) is 5.26 Å². The summed E-state index contributed by atoms with van der Waals surface area (Å²) in [5.74, 6) is 0.0934. The van der Waals surface area contributed by atoms with Gasteiger partial charge in [-0.15, -0.1) is 11.3 Å². The summed E-state index contributed by atoms with van der Waals surface area (Å²) in [7, 11) is 0. The average molecular weight is 234 g/mol. The molecule has 1 atom stereocenters. The highest BCUT2D eigenvalue weighted by Crippen LogP contribution is 2.47. The largest absolute Gasteiger partial charge is 0.297 e. The van der Waals surface area contributed by atoms with E-state index in [2.05, 4.69) is 11.1 Å². The van der Waals surface area contributed by atoms with Crippen LogP contribution in [0.3, 0.4) is 0 Å². The van der Waals surface area contributed by atoms with Crippen LogP contribution in [0.4, 0.5) is 0 Å². The van der Waals surface area contributed by atoms with Crippen molar-refractivity contribution >= 4 is 17.1 Å². The maximum absolute atomic E-state index is 12.3. The molecule has 0 bridgehead atoms. The molecule has 3 nitrogen and oxygen atoms in total. The highest BCUT2D eigenvalue weighted by molar-refractivity contribution is 7.09. The second-order valence-electron chi connectivity index (χ2n) is 5.05. The lowest BCUT2D eigenvalue weighted by molar-refractivity contribution is -0.130. The number of rotatable bonds is 2. The van der Waals surface area contributed by atoms with Crippen LogP contribution in [0.2, 0.25) is 0 Å². The number of ketones is 1. The maximum atomic E-state index is 12.3. The average Bonchev–Trinajstić information content (AvgIpc) is 2.82. The zero-order valence-electron chi connectivity index (χ0n) is 9.49. The van der Waals surface area contributed by atoms with Crippen LogP contribution in [0.15, 0.2) is 11.7 Å². The third kappa shape index (κ3) is 1.65. The number of Topliss-reactive ketones (excluding diaryl/α,β-unsaturated/α-hetero) is 1. The molecule has 4 heteroatoms. The van der Waals surface area contributed by atoms with Gasteiger partial charge in [0.05, 0.1) is 11.6 Å². The number of carbonyl (C=O) groups excluding carboxylic acids is 1. The Morgan fingerprint density at radius 1 is 1.56 bits per heavy atom. The molecular weight excluding hydrogens is 220 g/mol. The summed E-state index contributed by atoms with van der Waals surface area (Å²) >= 11 is 1.51. The summed E-state index contributed by atoms with van der Waals surface area (Å²) in [6.45, 7) is 3.86. The van der Waals surface area contributed by atoms with E-state index < -0.39 is 5.41 Å². The van der Waals surface area contributed by atoms with Crippen LogP contribution in [-0.4, -0.2) is 10.8 Å². The number of thiazole rings is 1. The van der Waals surface area contributed by atoms with Crippen molar-refractivity contribution in [2.24, 2.45) is 10.8 Å². The van der Waals surface area contributed by atoms with E-state index in [0.29, 0.717) is 12.8 Å². The zero-order valence-corrected chi connectivity index (χ0v) is 10.3. The van der Waals surface area contributed by atoms with Gasteiger partial charge in [-0.05, 0) is 12.8 Å². The predicted octanol–water partition coefficient (Wildman–Crippen LogP) is 2.58. The molecule has 0 spiro atoms. The monoisotopic (exact) mass is 234 g/mol. The molecule has 0 aromatic carbocycles. The van der Waals surface area contributed by atoms with Crippen molar-refractivity contribution in [2.45, 2.75) is 33.1 Å². The predicted molar refractivity (Wildman–Crippen MR) is 61.9 cm³/mol. The Morgan fingerprint density at radius 2 is 2.31 bits per heavy atom. The van der Waals surface area contributed by atoms with Crippen LogP contribution >= 0.6 is 11.3 Å². The Labute approximate surface area is 99.1 Å². The molecule has 1 heterocycles. The standard InChI is InChI=1S/C12H14N2OS/c1-11(2)3-4-12(7-13,10(11)15)5-9-6-14-8-16-9/h6,8H,3-5H2,1-2H3. The summed E-state index contributed by atoms with van der Waals surface area (Å²) in [5.41, 5.74) is 0.585. The maximum Gasteiger partial charge on any atom is 0.159 e. The van der Waals surface area contributed by atoms with E-state index >= 15 is 0 Å². The van der Waals surface area contributed by atoms with Gasteiger partial charge in [0.25, 0.3) is 0 Å². The fourth-order valence-corrected chi connectivity index (χ4v) is 3.05. The minimum absolute atomic E-state index is 0.0934. The molecule has 2 rings (SSSR count). The van der Waals surface area contributed by atoms with Crippen molar-refractivity contribution in [3.05, 3.63) is 16.6 Å². The van der Waals surface area contributed by atoms with Gasteiger partial charge in [0, 0.05) is 22.9 Å². The molecule has 1 aliphatic carbocycles. The minimum Gasteiger partial charge on any atom is -0.297 e. The first kappa shape index (κ1) is 11.3. The lowest BCUT2D eigenvalue weighted by Crippen LogP contribution is -2.32. The fourth-order valence-electron chi connectivity index (χ4n) is 2.34. The molecule has 1 saturated carbocycles. The molecular formula is C12H14N2OS. The molecule has 1 aliphatic rings. The van der Waals surface area contributed by atoms with Crippen LogP contribution in [0.5, 0.6) is 0 Å². The normalized spacial score (nSPS) is 27.9. The lowest BCUT2D eigenvalue weighted by atomic mass is 9.78. The van der Waals surface area contributed by atoms with E-state index in [0.717, 1.165) is 11.3 Å². The van der Waals surface area contributed by atoms with Gasteiger partial charge < -0.3 is 0 Å². The van der Waals surface area contributed by atoms with Crippen molar-refractivity contribution in [1.82, 2.24) is 4.98 Å². The molecule has 0 aliphatic heterocycles. The van der Waals surface area contributed by atoms with E-state index in [1.165, 1.54) is 11.3 Å². The topological polar surface area (TPSA) is 53.8 Å². The van der Waals surface area contributed by atoms with Gasteiger partial charge in [-0.3, -0.25) is 9.78 Å². The first-order valence-corrected chi connectivity index (χ1v) is 6.22. The van der Waals surface area contributed by atoms with Gasteiger partial charge in [-0.1, -0.05) is 13.8 Å². The molecule has 1 fully saturated rings. The Morgan fingerprint density at radius 3 is 2.75 bits per heavy atom. The Kier molecular flexibility index (Phi) is 2.59. The second-order valence-corrected chi connectivity index (χ2v) is 6.02. The van der Waals surface area contributed by atoms with Crippen molar-refractivity contribution in [3.63, 3.8) is 0 Å². The van der Waals surface area contributed by atoms with E-state index in [9.17, 15) is 10.1 Å². The quantitative estimate of drug-likeness (QED) is 0.790. The zero-order chi connectivity index (χ0) is 11.8. The van der Waals surface area contributed by atoms with Crippen molar-refractivity contribution in [1.29, 1.82) is 5.26 Å². The van der Waals surface area contributed by atoms with Crippen LogP contribution in [0.1, 0.15) is 31.6 Å². The number of carbonyl (C=O) groups is 1. The lowest BCUT2D eigenvalue weighted by Gasteiger charge is -2.21. The SMILES string of the molecule is CC1(C)CCC(C#N)(Cc2cncs2)C1=O. The van der Waals surface area contributed by atoms with Crippen LogP contribution in [-0.2, 0) is 11.2 Å². The number of nitriles is 1. The second kappa shape index (κ2) is 3.67. The summed E-state index contributed by atoms with van der Waals surface area (Å²) in [4.78, 5) is 17.3. The van der Waals surface area contributed by atoms with Gasteiger partial charge in [0.15, 0.2) is 5.78 Å². The first-order valence-electron chi connectivity index (χ1n) is 5.34. The Balaban J connectivity index is 2.29.